The van der Waals surface area contributed by atoms with Gasteiger partial charge in [-0.05, 0) is 86.4 Å². The second kappa shape index (κ2) is 15.5. The van der Waals surface area contributed by atoms with Crippen LogP contribution in [-0.2, 0) is 6.42 Å². The molecule has 4 rings (SSSR count). The van der Waals surface area contributed by atoms with Crippen LogP contribution in [0.15, 0.2) is 78.1 Å². The molecule has 0 saturated carbocycles. The molecule has 0 radical (unpaired) electrons. The second-order valence-corrected chi connectivity index (χ2v) is 10.8. The molecule has 0 aromatic heterocycles. The van der Waals surface area contributed by atoms with Gasteiger partial charge in [-0.1, -0.05) is 24.3 Å². The number of rotatable bonds is 14. The zero-order chi connectivity index (χ0) is 31.6. The van der Waals surface area contributed by atoms with E-state index in [2.05, 4.69) is 16.9 Å². The van der Waals surface area contributed by atoms with Crippen LogP contribution in [0, 0.1) is 23.0 Å². The van der Waals surface area contributed by atoms with Crippen LogP contribution in [0.1, 0.15) is 72.9 Å². The van der Waals surface area contributed by atoms with Crippen molar-refractivity contribution in [1.29, 1.82) is 5.41 Å². The minimum atomic E-state index is -2.67. The van der Waals surface area contributed by atoms with Crippen LogP contribution in [0.5, 0.6) is 5.75 Å². The first-order valence-electron chi connectivity index (χ1n) is 14.8. The van der Waals surface area contributed by atoms with E-state index in [0.29, 0.717) is 48.4 Å². The van der Waals surface area contributed by atoms with Gasteiger partial charge in [-0.3, -0.25) is 9.79 Å². The summed E-state index contributed by atoms with van der Waals surface area (Å²) < 4.78 is 61.8. The van der Waals surface area contributed by atoms with Crippen molar-refractivity contribution in [2.45, 2.75) is 64.2 Å². The predicted octanol–water partition coefficient (Wildman–Crippen LogP) is 9.27. The summed E-state index contributed by atoms with van der Waals surface area (Å²) in [6.07, 6.45) is 10.7. The van der Waals surface area contributed by atoms with Gasteiger partial charge < -0.3 is 15.5 Å². The lowest BCUT2D eigenvalue weighted by atomic mass is 9.85. The molecule has 9 heteroatoms. The maximum absolute atomic E-state index is 15.1. The van der Waals surface area contributed by atoms with Gasteiger partial charge in [0.05, 0.1) is 18.5 Å². The van der Waals surface area contributed by atoms with Crippen LogP contribution in [0.3, 0.4) is 0 Å². The van der Waals surface area contributed by atoms with Crippen LogP contribution in [0.2, 0.25) is 0 Å². The highest BCUT2D eigenvalue weighted by molar-refractivity contribution is 6.13. The first-order chi connectivity index (χ1) is 21.2. The zero-order valence-electron chi connectivity index (χ0n) is 24.8. The number of carbonyl (C=O) groups excluding carboxylic acids is 1. The van der Waals surface area contributed by atoms with Crippen molar-refractivity contribution < 1.29 is 27.1 Å². The molecule has 1 aliphatic heterocycles. The average molecular weight is 608 g/mol. The van der Waals surface area contributed by atoms with Crippen LogP contribution in [-0.4, -0.2) is 30.7 Å². The molecule has 0 bridgehead atoms. The fraction of sp³-hybridized carbons (Fsp3) is 0.343. The molecule has 1 unspecified atom stereocenters. The van der Waals surface area contributed by atoms with Crippen molar-refractivity contribution in [3.8, 4) is 5.75 Å². The molecule has 2 N–H and O–H groups in total. The highest BCUT2D eigenvalue weighted by Crippen LogP contribution is 2.39. The number of hydrogen-bond donors (Lipinski definition) is 2. The predicted molar refractivity (Wildman–Crippen MR) is 168 cm³/mol. The largest absolute Gasteiger partial charge is 0.494 e. The Morgan fingerprint density at radius 3 is 2.75 bits per heavy atom. The molecule has 44 heavy (non-hydrogen) atoms. The Balaban J connectivity index is 1.57. The van der Waals surface area contributed by atoms with Gasteiger partial charge in [-0.25, -0.2) is 13.2 Å². The van der Waals surface area contributed by atoms with E-state index in [1.807, 2.05) is 24.3 Å². The molecule has 0 spiro atoms. The lowest BCUT2D eigenvalue weighted by molar-refractivity contribution is 0.0997. The average Bonchev–Trinajstić information content (AvgIpc) is 3.43. The minimum absolute atomic E-state index is 0.1000. The number of benzene rings is 2. The number of fused-ring (bicyclic) bond motifs is 1. The van der Waals surface area contributed by atoms with Gasteiger partial charge in [0.25, 0.3) is 0 Å². The van der Waals surface area contributed by atoms with Crippen molar-refractivity contribution in [1.82, 2.24) is 0 Å². The topological polar surface area (TPSA) is 74.5 Å². The molecule has 1 heterocycles. The van der Waals surface area contributed by atoms with E-state index in [1.165, 1.54) is 31.4 Å². The fourth-order valence-electron chi connectivity index (χ4n) is 5.51. The molecule has 1 aliphatic carbocycles. The number of halogens is 4. The standard InChI is InChI=1S/C35H37F4N3O2/c1-3-4-5-8-11-23(40)20-30(43)25-15-14-24(18-22(25)19-32(36)37)42-29-13-10-7-6-9-12-27-28(21-41-35(27)29)26-16-17-31(44-2)34(39)33(26)38/h3,6-7,13-18,21,27,32,40,42H,1,4-5,8-12,19-20H2,2H3/b7-6-,29-13-,40-23?. The quantitative estimate of drug-likeness (QED) is 0.0739. The Labute approximate surface area is 255 Å². The number of methoxy groups -OCH3 is 1. The third-order valence-corrected chi connectivity index (χ3v) is 7.72. The van der Waals surface area contributed by atoms with Gasteiger partial charge in [0.2, 0.25) is 12.2 Å². The third-order valence-electron chi connectivity index (χ3n) is 7.72. The summed E-state index contributed by atoms with van der Waals surface area (Å²) in [5, 5.41) is 11.5. The number of nitrogens with one attached hydrogen (secondary N) is 2. The van der Waals surface area contributed by atoms with Gasteiger partial charge in [0.15, 0.2) is 17.3 Å². The maximum atomic E-state index is 15.1. The number of aliphatic imine (C=N–C) groups is 1. The van der Waals surface area contributed by atoms with Crippen LogP contribution >= 0.6 is 0 Å². The number of Topliss-reactive ketones (excluding diaryl/α,β-unsaturated/α-hetero) is 1. The van der Waals surface area contributed by atoms with E-state index in [4.69, 9.17) is 10.1 Å². The molecule has 0 saturated heterocycles. The normalized spacial score (nSPS) is 18.1. The first-order valence-corrected chi connectivity index (χ1v) is 14.8. The third kappa shape index (κ3) is 8.01. The minimum Gasteiger partial charge on any atom is -0.494 e. The summed E-state index contributed by atoms with van der Waals surface area (Å²) >= 11 is 0. The van der Waals surface area contributed by atoms with Crippen molar-refractivity contribution in [2.75, 3.05) is 12.4 Å². The summed E-state index contributed by atoms with van der Waals surface area (Å²) in [7, 11) is 1.27. The van der Waals surface area contributed by atoms with E-state index in [0.717, 1.165) is 19.3 Å². The molecule has 1 atom stereocenters. The SMILES string of the molecule is C=CCCCCC(=N)CC(=O)c1ccc(N/C2=C\C/C=C\CCC3C(c4ccc(OC)c(F)c4F)=CN=C23)cc1CC(F)F. The van der Waals surface area contributed by atoms with E-state index < -0.39 is 24.5 Å². The lowest BCUT2D eigenvalue weighted by Crippen LogP contribution is -2.21. The summed E-state index contributed by atoms with van der Waals surface area (Å²) in [5.74, 6) is -2.98. The van der Waals surface area contributed by atoms with Crippen molar-refractivity contribution >= 4 is 28.5 Å². The molecule has 232 valence electrons. The molecule has 0 amide bonds. The number of allylic oxidation sites excluding steroid dienone is 6. The Kier molecular flexibility index (Phi) is 11.5. The number of alkyl halides is 2. The molecule has 2 aliphatic rings. The van der Waals surface area contributed by atoms with Crippen LogP contribution in [0.25, 0.3) is 5.57 Å². The smallest absolute Gasteiger partial charge is 0.242 e. The number of hydrogen-bond acceptors (Lipinski definition) is 5. The highest BCUT2D eigenvalue weighted by atomic mass is 19.3. The zero-order valence-corrected chi connectivity index (χ0v) is 24.8. The molecular weight excluding hydrogens is 570 g/mol. The first kappa shape index (κ1) is 32.6. The molecule has 0 fully saturated rings. The number of unbranched alkanes of at least 4 members (excludes halogenated alkanes) is 2. The van der Waals surface area contributed by atoms with Crippen molar-refractivity contribution in [3.63, 3.8) is 0 Å². The van der Waals surface area contributed by atoms with Gasteiger partial charge >= 0.3 is 0 Å². The fourth-order valence-corrected chi connectivity index (χ4v) is 5.51. The molecule has 5 nitrogen and oxygen atoms in total. The van der Waals surface area contributed by atoms with E-state index >= 15 is 4.39 Å². The van der Waals surface area contributed by atoms with E-state index in [1.54, 1.807) is 12.3 Å². The van der Waals surface area contributed by atoms with Gasteiger partial charge in [-0.15, -0.1) is 6.58 Å². The second-order valence-electron chi connectivity index (χ2n) is 10.8. The molecule has 2 aromatic carbocycles. The molecular formula is C35H37F4N3O2. The van der Waals surface area contributed by atoms with Crippen LogP contribution in [0.4, 0.5) is 23.2 Å². The van der Waals surface area contributed by atoms with Crippen molar-refractivity contribution in [2.24, 2.45) is 10.9 Å². The summed E-state index contributed by atoms with van der Waals surface area (Å²) in [4.78, 5) is 17.7. The summed E-state index contributed by atoms with van der Waals surface area (Å²) in [5.41, 5.74) is 3.01. The van der Waals surface area contributed by atoms with Gasteiger partial charge in [-0.2, -0.15) is 4.39 Å². The Morgan fingerprint density at radius 2 is 2.00 bits per heavy atom. The molecule has 2 aromatic rings. The van der Waals surface area contributed by atoms with Crippen LogP contribution < -0.4 is 10.1 Å². The Bertz CT molecular complexity index is 1520. The monoisotopic (exact) mass is 607 g/mol. The maximum Gasteiger partial charge on any atom is 0.242 e. The van der Waals surface area contributed by atoms with Crippen molar-refractivity contribution in [3.05, 3.63) is 101 Å². The highest BCUT2D eigenvalue weighted by Gasteiger charge is 2.31. The van der Waals surface area contributed by atoms with E-state index in [-0.39, 0.29) is 46.3 Å². The van der Waals surface area contributed by atoms with Gasteiger partial charge in [0, 0.05) is 47.5 Å². The van der Waals surface area contributed by atoms with Gasteiger partial charge in [0.1, 0.15) is 0 Å². The number of ketones is 1. The summed E-state index contributed by atoms with van der Waals surface area (Å²) in [6.45, 7) is 3.68. The lowest BCUT2D eigenvalue weighted by Gasteiger charge is -2.21. The van der Waals surface area contributed by atoms with E-state index in [9.17, 15) is 18.0 Å². The summed E-state index contributed by atoms with van der Waals surface area (Å²) in [6, 6.07) is 7.57. The Morgan fingerprint density at radius 1 is 1.18 bits per heavy atom. The number of anilines is 1. The number of nitrogens with zero attached hydrogens (tertiary/aromatic N) is 1. The number of carbonyl (C=O) groups is 1. The number of ether oxygens (including phenoxy) is 1. The Hall–Kier alpha value is -4.27.